The third-order valence-electron chi connectivity index (χ3n) is 16.6. The van der Waals surface area contributed by atoms with Gasteiger partial charge in [0.05, 0.1) is 5.41 Å². The summed E-state index contributed by atoms with van der Waals surface area (Å²) in [5, 5.41) is 7.18. The highest BCUT2D eigenvalue weighted by Crippen LogP contribution is 2.63. The third-order valence-corrected chi connectivity index (χ3v) is 16.6. The second-order valence-corrected chi connectivity index (χ2v) is 20.7. The van der Waals surface area contributed by atoms with E-state index in [1.165, 1.54) is 66.1 Å². The van der Waals surface area contributed by atoms with Crippen LogP contribution in [0.3, 0.4) is 0 Å². The van der Waals surface area contributed by atoms with Gasteiger partial charge in [0.25, 0.3) is 0 Å². The van der Waals surface area contributed by atoms with Gasteiger partial charge < -0.3 is 14.2 Å². The molecule has 0 saturated carbocycles. The van der Waals surface area contributed by atoms with Crippen LogP contribution in [0.5, 0.6) is 0 Å². The molecule has 1 aromatic heterocycles. The minimum absolute atomic E-state index is 0.485. The van der Waals surface area contributed by atoms with Crippen molar-refractivity contribution in [1.82, 2.24) is 0 Å². The maximum absolute atomic E-state index is 6.55. The van der Waals surface area contributed by atoms with E-state index in [1.54, 1.807) is 0 Å². The van der Waals surface area contributed by atoms with E-state index in [0.717, 1.165) is 78.3 Å². The van der Waals surface area contributed by atoms with Crippen LogP contribution in [-0.2, 0) is 5.41 Å². The molecule has 78 heavy (non-hydrogen) atoms. The molecule has 0 unspecified atom stereocenters. The molecular formula is C75H48N2O. The van der Waals surface area contributed by atoms with Crippen molar-refractivity contribution >= 4 is 77.6 Å². The van der Waals surface area contributed by atoms with E-state index in [-0.39, 0.29) is 0 Å². The lowest BCUT2D eigenvalue weighted by molar-refractivity contribution is 0.669. The molecule has 364 valence electrons. The first-order valence-electron chi connectivity index (χ1n) is 26.9. The molecule has 0 amide bonds. The Bertz CT molecular complexity index is 4570. The molecule has 13 aromatic carbocycles. The minimum atomic E-state index is -0.485. The minimum Gasteiger partial charge on any atom is -0.456 e. The van der Waals surface area contributed by atoms with Gasteiger partial charge in [-0.1, -0.05) is 206 Å². The standard InChI is InChI=1S/C75H48N2O/c1-4-19-55(20-5-1)76(56-21-6-2-7-22-56)59-44-54(50-34-32-49(33-35-50)53-39-42-71-66(46-53)74-72(78-71)43-38-52-37-36-51-18-10-11-25-61(51)73(52)74)45-60(47-59)77(57-23-8-3-9-24-57)58-40-41-65-64-28-14-17-31-69(64)75(70(65)48-58)67-29-15-12-26-62(67)63-27-13-16-30-68(63)75/h1-48H. The number of rotatable bonds is 8. The highest BCUT2D eigenvalue weighted by molar-refractivity contribution is 6.27. The van der Waals surface area contributed by atoms with Crippen LogP contribution in [0, 0.1) is 0 Å². The van der Waals surface area contributed by atoms with Crippen molar-refractivity contribution in [2.24, 2.45) is 0 Å². The summed E-state index contributed by atoms with van der Waals surface area (Å²) < 4.78 is 6.55. The molecular weight excluding hydrogens is 945 g/mol. The maximum Gasteiger partial charge on any atom is 0.136 e. The van der Waals surface area contributed by atoms with E-state index in [2.05, 4.69) is 301 Å². The molecule has 2 aliphatic rings. The predicted octanol–water partition coefficient (Wildman–Crippen LogP) is 20.5. The van der Waals surface area contributed by atoms with Crippen LogP contribution < -0.4 is 9.80 Å². The van der Waals surface area contributed by atoms with Crippen LogP contribution in [0.2, 0.25) is 0 Å². The smallest absolute Gasteiger partial charge is 0.136 e. The predicted molar refractivity (Wildman–Crippen MR) is 325 cm³/mol. The Balaban J connectivity index is 0.885. The summed E-state index contributed by atoms with van der Waals surface area (Å²) in [4.78, 5) is 4.83. The number of furan rings is 1. The Morgan fingerprint density at radius 3 is 1.31 bits per heavy atom. The Kier molecular flexibility index (Phi) is 9.85. The Labute approximate surface area is 452 Å². The average molecular weight is 993 g/mol. The van der Waals surface area contributed by atoms with E-state index >= 15 is 0 Å². The molecule has 0 atom stereocenters. The lowest BCUT2D eigenvalue weighted by Crippen LogP contribution is -2.26. The number of hydrogen-bond acceptors (Lipinski definition) is 3. The van der Waals surface area contributed by atoms with E-state index in [9.17, 15) is 0 Å². The number of para-hydroxylation sites is 3. The normalized spacial score (nSPS) is 12.7. The molecule has 0 saturated heterocycles. The first kappa shape index (κ1) is 44.1. The molecule has 16 rings (SSSR count). The molecule has 1 spiro atoms. The zero-order valence-electron chi connectivity index (χ0n) is 42.5. The van der Waals surface area contributed by atoms with Gasteiger partial charge >= 0.3 is 0 Å². The summed E-state index contributed by atoms with van der Waals surface area (Å²) in [6.07, 6.45) is 0. The second kappa shape index (κ2) is 17.4. The third kappa shape index (κ3) is 6.65. The van der Waals surface area contributed by atoms with Crippen molar-refractivity contribution in [3.8, 4) is 44.5 Å². The van der Waals surface area contributed by atoms with E-state index < -0.39 is 5.41 Å². The van der Waals surface area contributed by atoms with Gasteiger partial charge in [0.2, 0.25) is 0 Å². The van der Waals surface area contributed by atoms with Crippen molar-refractivity contribution in [1.29, 1.82) is 0 Å². The number of anilines is 6. The number of benzene rings is 13. The SMILES string of the molecule is c1ccc(N(c2ccccc2)c2cc(-c3ccc(-c4ccc5oc6ccc7ccc8ccccc8c7c6c5c4)cc3)cc(N(c3ccccc3)c3ccc4c(c3)C3(c5ccccc5-c5ccccc53)c3ccccc3-4)c2)cc1. The Hall–Kier alpha value is -10.2. The van der Waals surface area contributed by atoms with Gasteiger partial charge in [-0.3, -0.25) is 0 Å². The molecule has 0 N–H and O–H groups in total. The summed E-state index contributed by atoms with van der Waals surface area (Å²) in [5.41, 5.74) is 22.6. The van der Waals surface area contributed by atoms with Gasteiger partial charge in [-0.25, -0.2) is 0 Å². The van der Waals surface area contributed by atoms with Crippen LogP contribution in [-0.4, -0.2) is 0 Å². The summed E-state index contributed by atoms with van der Waals surface area (Å²) in [6.45, 7) is 0. The second-order valence-electron chi connectivity index (χ2n) is 20.7. The molecule has 3 nitrogen and oxygen atoms in total. The molecule has 2 aliphatic carbocycles. The number of nitrogens with zero attached hydrogens (tertiary/aromatic N) is 2. The zero-order chi connectivity index (χ0) is 51.3. The Morgan fingerprint density at radius 1 is 0.244 bits per heavy atom. The molecule has 0 aliphatic heterocycles. The maximum atomic E-state index is 6.55. The fraction of sp³-hybridized carbons (Fsp3) is 0.0133. The highest BCUT2D eigenvalue weighted by atomic mass is 16.3. The summed E-state index contributed by atoms with van der Waals surface area (Å²) >= 11 is 0. The summed E-state index contributed by atoms with van der Waals surface area (Å²) in [6, 6.07) is 107. The van der Waals surface area contributed by atoms with Crippen molar-refractivity contribution in [2.45, 2.75) is 5.41 Å². The van der Waals surface area contributed by atoms with Gasteiger partial charge in [0, 0.05) is 50.3 Å². The van der Waals surface area contributed by atoms with Gasteiger partial charge in [-0.2, -0.15) is 0 Å². The molecule has 0 bridgehead atoms. The Morgan fingerprint density at radius 2 is 0.705 bits per heavy atom. The fourth-order valence-electron chi connectivity index (χ4n) is 13.3. The average Bonchev–Trinajstić information content (AvgIpc) is 4.00. The van der Waals surface area contributed by atoms with Gasteiger partial charge in [-0.15, -0.1) is 0 Å². The first-order valence-corrected chi connectivity index (χ1v) is 26.9. The molecule has 0 radical (unpaired) electrons. The van der Waals surface area contributed by atoms with E-state index in [0.29, 0.717) is 0 Å². The van der Waals surface area contributed by atoms with Crippen LogP contribution >= 0.6 is 0 Å². The molecule has 3 heteroatoms. The molecule has 0 fully saturated rings. The molecule has 14 aromatic rings. The van der Waals surface area contributed by atoms with Crippen molar-refractivity contribution in [3.05, 3.63) is 313 Å². The van der Waals surface area contributed by atoms with Crippen LogP contribution in [0.1, 0.15) is 22.3 Å². The number of fused-ring (bicyclic) bond motifs is 17. The topological polar surface area (TPSA) is 19.6 Å². The molecule has 1 heterocycles. The zero-order valence-corrected chi connectivity index (χ0v) is 42.5. The summed E-state index contributed by atoms with van der Waals surface area (Å²) in [7, 11) is 0. The fourth-order valence-corrected chi connectivity index (χ4v) is 13.3. The highest BCUT2D eigenvalue weighted by Gasteiger charge is 2.51. The van der Waals surface area contributed by atoms with E-state index in [1.807, 2.05) is 0 Å². The monoisotopic (exact) mass is 992 g/mol. The lowest BCUT2D eigenvalue weighted by atomic mass is 9.70. The summed E-state index contributed by atoms with van der Waals surface area (Å²) in [5.74, 6) is 0. The van der Waals surface area contributed by atoms with Crippen molar-refractivity contribution < 1.29 is 4.42 Å². The van der Waals surface area contributed by atoms with Crippen LogP contribution in [0.25, 0.3) is 88.0 Å². The van der Waals surface area contributed by atoms with Crippen molar-refractivity contribution in [3.63, 3.8) is 0 Å². The van der Waals surface area contributed by atoms with Crippen LogP contribution in [0.4, 0.5) is 34.1 Å². The van der Waals surface area contributed by atoms with E-state index in [4.69, 9.17) is 4.42 Å². The van der Waals surface area contributed by atoms with Gasteiger partial charge in [0.1, 0.15) is 11.2 Å². The van der Waals surface area contributed by atoms with Crippen molar-refractivity contribution in [2.75, 3.05) is 9.80 Å². The largest absolute Gasteiger partial charge is 0.456 e. The number of hydrogen-bond donors (Lipinski definition) is 0. The van der Waals surface area contributed by atoms with Gasteiger partial charge in [0.15, 0.2) is 0 Å². The lowest BCUT2D eigenvalue weighted by Gasteiger charge is -2.33. The quantitative estimate of drug-likeness (QED) is 0.141. The van der Waals surface area contributed by atoms with Crippen LogP contribution in [0.15, 0.2) is 296 Å². The first-order chi connectivity index (χ1) is 38.7. The van der Waals surface area contributed by atoms with Gasteiger partial charge in [-0.05, 0) is 168 Å².